The zero-order valence-electron chi connectivity index (χ0n) is 13.8. The quantitative estimate of drug-likeness (QED) is 0.468. The lowest BCUT2D eigenvalue weighted by molar-refractivity contribution is 0.126. The maximum absolute atomic E-state index is 9.35. The Morgan fingerprint density at radius 2 is 1.88 bits per heavy atom. The Kier molecular flexibility index (Phi) is 6.85. The van der Waals surface area contributed by atoms with Crippen LogP contribution in [0.15, 0.2) is 59.8 Å². The van der Waals surface area contributed by atoms with Gasteiger partial charge in [0.25, 0.3) is 0 Å². The molecule has 24 heavy (non-hydrogen) atoms. The van der Waals surface area contributed by atoms with Crippen LogP contribution >= 0.6 is 11.6 Å². The number of oxime groups is 1. The number of hydrogen-bond acceptors (Lipinski definition) is 4. The Balaban J connectivity index is 2.20. The van der Waals surface area contributed by atoms with E-state index in [-0.39, 0.29) is 5.75 Å². The molecule has 1 N–H and O–H groups in total. The topological polar surface area (TPSA) is 45.1 Å². The number of hydrogen-bond donors (Lipinski definition) is 1. The largest absolute Gasteiger partial charge is 0.508 e. The Morgan fingerprint density at radius 1 is 1.17 bits per heavy atom. The minimum absolute atomic E-state index is 0.235. The number of benzene rings is 2. The molecule has 0 amide bonds. The molecule has 0 aliphatic heterocycles. The fourth-order valence-corrected chi connectivity index (χ4v) is 2.17. The van der Waals surface area contributed by atoms with E-state index in [0.29, 0.717) is 17.3 Å². The van der Waals surface area contributed by atoms with Gasteiger partial charge in [0.05, 0.1) is 5.02 Å². The molecule has 0 fully saturated rings. The number of nitrogens with zero attached hydrogens (tertiary/aromatic N) is 2. The molecule has 0 radical (unpaired) electrons. The van der Waals surface area contributed by atoms with Crippen LogP contribution < -0.4 is 0 Å². The second-order valence-electron chi connectivity index (χ2n) is 5.52. The van der Waals surface area contributed by atoms with Crippen LogP contribution in [-0.4, -0.2) is 43.0 Å². The summed E-state index contributed by atoms with van der Waals surface area (Å²) in [6.07, 6.45) is 3.75. The molecule has 0 saturated carbocycles. The van der Waals surface area contributed by atoms with Crippen LogP contribution in [0.3, 0.4) is 0 Å². The molecular formula is C19H21ClN2O2. The minimum atomic E-state index is 0.235. The number of aromatic hydroxyl groups is 1. The first-order valence-corrected chi connectivity index (χ1v) is 8.01. The molecule has 0 atom stereocenters. The fourth-order valence-electron chi connectivity index (χ4n) is 1.94. The van der Waals surface area contributed by atoms with Crippen LogP contribution in [0.25, 0.3) is 6.08 Å². The molecule has 0 heterocycles. The predicted molar refractivity (Wildman–Crippen MR) is 99.6 cm³/mol. The highest BCUT2D eigenvalue weighted by Crippen LogP contribution is 2.18. The van der Waals surface area contributed by atoms with E-state index in [1.54, 1.807) is 12.1 Å². The lowest BCUT2D eigenvalue weighted by Crippen LogP contribution is -2.17. The standard InChI is InChI=1S/C19H21ClN2O2/c1-22(2)13-14-24-21-19(17-5-3-4-6-18(17)20)12-9-15-7-10-16(23)11-8-15/h3-12,23H,13-14H2,1-2H3/b12-9+,21-19-. The van der Waals surface area contributed by atoms with Gasteiger partial charge in [-0.2, -0.15) is 0 Å². The SMILES string of the molecule is CN(C)CCO/N=C(/C=C/c1ccc(O)cc1)c1ccccc1Cl. The lowest BCUT2D eigenvalue weighted by atomic mass is 10.1. The van der Waals surface area contributed by atoms with Gasteiger partial charge in [0.15, 0.2) is 0 Å². The van der Waals surface area contributed by atoms with E-state index in [2.05, 4.69) is 5.16 Å². The van der Waals surface area contributed by atoms with Gasteiger partial charge in [-0.25, -0.2) is 0 Å². The molecule has 4 nitrogen and oxygen atoms in total. The van der Waals surface area contributed by atoms with Crippen LogP contribution in [0.2, 0.25) is 5.02 Å². The Labute approximate surface area is 147 Å². The number of halogens is 1. The van der Waals surface area contributed by atoms with Gasteiger partial charge in [-0.15, -0.1) is 0 Å². The summed E-state index contributed by atoms with van der Waals surface area (Å²) in [6.45, 7) is 1.27. The lowest BCUT2D eigenvalue weighted by Gasteiger charge is -2.09. The second kappa shape index (κ2) is 9.11. The average molecular weight is 345 g/mol. The fraction of sp³-hybridized carbons (Fsp3) is 0.211. The van der Waals surface area contributed by atoms with E-state index in [1.807, 2.05) is 67.5 Å². The number of phenolic OH excluding ortho intramolecular Hbond substituents is 1. The van der Waals surface area contributed by atoms with Crippen molar-refractivity contribution in [1.82, 2.24) is 4.90 Å². The molecule has 126 valence electrons. The smallest absolute Gasteiger partial charge is 0.129 e. The Bertz CT molecular complexity index is 710. The molecule has 0 aromatic heterocycles. The summed E-state index contributed by atoms with van der Waals surface area (Å²) in [5, 5.41) is 14.2. The van der Waals surface area contributed by atoms with Crippen molar-refractivity contribution in [2.24, 2.45) is 5.16 Å². The van der Waals surface area contributed by atoms with Gasteiger partial charge in [0.1, 0.15) is 18.1 Å². The summed E-state index contributed by atoms with van der Waals surface area (Å²) >= 11 is 6.27. The van der Waals surface area contributed by atoms with Gasteiger partial charge in [-0.1, -0.05) is 53.2 Å². The number of allylic oxidation sites excluding steroid dienone is 1. The van der Waals surface area contributed by atoms with Gasteiger partial charge < -0.3 is 14.8 Å². The molecule has 0 spiro atoms. The van der Waals surface area contributed by atoms with E-state index in [9.17, 15) is 5.11 Å². The van der Waals surface area contributed by atoms with Gasteiger partial charge in [-0.05, 0) is 43.9 Å². The molecule has 2 rings (SSSR count). The molecular weight excluding hydrogens is 324 g/mol. The predicted octanol–water partition coefficient (Wildman–Crippen LogP) is 4.04. The van der Waals surface area contributed by atoms with E-state index in [0.717, 1.165) is 17.7 Å². The third-order valence-corrected chi connectivity index (χ3v) is 3.60. The van der Waals surface area contributed by atoms with Crippen molar-refractivity contribution in [3.05, 3.63) is 70.8 Å². The van der Waals surface area contributed by atoms with E-state index in [1.165, 1.54) is 0 Å². The minimum Gasteiger partial charge on any atom is -0.508 e. The molecule has 2 aromatic carbocycles. The molecule has 0 aliphatic rings. The first-order valence-electron chi connectivity index (χ1n) is 7.63. The maximum atomic E-state index is 9.35. The molecule has 0 saturated heterocycles. The van der Waals surface area contributed by atoms with Crippen LogP contribution in [0, 0.1) is 0 Å². The average Bonchev–Trinajstić information content (AvgIpc) is 2.56. The van der Waals surface area contributed by atoms with Crippen molar-refractivity contribution in [3.8, 4) is 5.75 Å². The monoisotopic (exact) mass is 344 g/mol. The first kappa shape index (κ1) is 18.0. The van der Waals surface area contributed by atoms with E-state index < -0.39 is 0 Å². The summed E-state index contributed by atoms with van der Waals surface area (Å²) in [4.78, 5) is 7.44. The van der Waals surface area contributed by atoms with Crippen molar-refractivity contribution in [3.63, 3.8) is 0 Å². The number of rotatable bonds is 7. The molecule has 0 aliphatic carbocycles. The number of phenols is 1. The third kappa shape index (κ3) is 5.72. The summed E-state index contributed by atoms with van der Waals surface area (Å²) in [5.74, 6) is 0.235. The third-order valence-electron chi connectivity index (χ3n) is 3.27. The number of likely N-dealkylation sites (N-methyl/N-ethyl adjacent to an activating group) is 1. The van der Waals surface area contributed by atoms with Gasteiger partial charge >= 0.3 is 0 Å². The first-order chi connectivity index (χ1) is 11.6. The Morgan fingerprint density at radius 3 is 2.54 bits per heavy atom. The van der Waals surface area contributed by atoms with Crippen molar-refractivity contribution >= 4 is 23.4 Å². The zero-order chi connectivity index (χ0) is 17.4. The van der Waals surface area contributed by atoms with Crippen LogP contribution in [0.1, 0.15) is 11.1 Å². The van der Waals surface area contributed by atoms with E-state index >= 15 is 0 Å². The normalized spacial score (nSPS) is 12.1. The van der Waals surface area contributed by atoms with Crippen molar-refractivity contribution in [1.29, 1.82) is 0 Å². The molecule has 0 bridgehead atoms. The van der Waals surface area contributed by atoms with Crippen LogP contribution in [-0.2, 0) is 4.84 Å². The molecule has 2 aromatic rings. The Hall–Kier alpha value is -2.30. The maximum Gasteiger partial charge on any atom is 0.129 e. The van der Waals surface area contributed by atoms with Crippen molar-refractivity contribution < 1.29 is 9.94 Å². The van der Waals surface area contributed by atoms with Crippen molar-refractivity contribution in [2.75, 3.05) is 27.2 Å². The molecule has 0 unspecified atom stereocenters. The second-order valence-corrected chi connectivity index (χ2v) is 5.92. The van der Waals surface area contributed by atoms with Gasteiger partial charge in [-0.3, -0.25) is 0 Å². The van der Waals surface area contributed by atoms with Crippen LogP contribution in [0.5, 0.6) is 5.75 Å². The summed E-state index contributed by atoms with van der Waals surface area (Å²) in [6, 6.07) is 14.4. The highest BCUT2D eigenvalue weighted by atomic mass is 35.5. The summed E-state index contributed by atoms with van der Waals surface area (Å²) < 4.78 is 0. The zero-order valence-corrected chi connectivity index (χ0v) is 14.6. The van der Waals surface area contributed by atoms with E-state index in [4.69, 9.17) is 16.4 Å². The van der Waals surface area contributed by atoms with Gasteiger partial charge in [0, 0.05) is 12.1 Å². The van der Waals surface area contributed by atoms with Crippen molar-refractivity contribution in [2.45, 2.75) is 0 Å². The highest BCUT2D eigenvalue weighted by molar-refractivity contribution is 6.35. The summed E-state index contributed by atoms with van der Waals surface area (Å²) in [5.41, 5.74) is 2.40. The highest BCUT2D eigenvalue weighted by Gasteiger charge is 2.06. The molecule has 5 heteroatoms. The van der Waals surface area contributed by atoms with Gasteiger partial charge in [0.2, 0.25) is 0 Å². The van der Waals surface area contributed by atoms with Crippen LogP contribution in [0.4, 0.5) is 0 Å². The summed E-state index contributed by atoms with van der Waals surface area (Å²) in [7, 11) is 3.96.